The third-order valence-corrected chi connectivity index (χ3v) is 5.25. The van der Waals surface area contributed by atoms with E-state index in [0.717, 1.165) is 18.7 Å². The first kappa shape index (κ1) is 20.5. The fourth-order valence-corrected chi connectivity index (χ4v) is 3.68. The van der Waals surface area contributed by atoms with Crippen molar-refractivity contribution < 1.29 is 23.8 Å². The van der Waals surface area contributed by atoms with E-state index >= 15 is 0 Å². The number of halogens is 1. The molecule has 9 heteroatoms. The quantitative estimate of drug-likeness (QED) is 0.705. The smallest absolute Gasteiger partial charge is 0.313 e. The van der Waals surface area contributed by atoms with E-state index in [1.54, 1.807) is 24.3 Å². The fraction of sp³-hybridized carbons (Fsp3) is 0.333. The molecule has 8 nitrogen and oxygen atoms in total. The van der Waals surface area contributed by atoms with Crippen LogP contribution < -0.4 is 20.1 Å². The molecule has 1 fully saturated rings. The van der Waals surface area contributed by atoms with Gasteiger partial charge in [0.05, 0.1) is 19.3 Å². The fourth-order valence-electron chi connectivity index (χ4n) is 3.49. The molecule has 2 aromatic rings. The molecular formula is C21H22ClN3O5. The van der Waals surface area contributed by atoms with Crippen LogP contribution in [0.2, 0.25) is 5.02 Å². The third kappa shape index (κ3) is 4.84. The molecule has 0 spiro atoms. The number of amides is 2. The Kier molecular flexibility index (Phi) is 6.37. The maximum atomic E-state index is 12.4. The largest absolute Gasteiger partial charge is 0.454 e. The van der Waals surface area contributed by atoms with Crippen LogP contribution in [0, 0.1) is 0 Å². The highest BCUT2D eigenvalue weighted by molar-refractivity contribution is 6.39. The molecule has 30 heavy (non-hydrogen) atoms. The summed E-state index contributed by atoms with van der Waals surface area (Å²) in [7, 11) is 0. The lowest BCUT2D eigenvalue weighted by atomic mass is 10.0. The Hall–Kier alpha value is -2.81. The molecule has 2 aliphatic heterocycles. The van der Waals surface area contributed by atoms with E-state index in [1.807, 2.05) is 18.2 Å². The van der Waals surface area contributed by atoms with Crippen molar-refractivity contribution in [2.24, 2.45) is 0 Å². The molecule has 158 valence electrons. The number of fused-ring (bicyclic) bond motifs is 1. The first-order valence-electron chi connectivity index (χ1n) is 9.66. The monoisotopic (exact) mass is 431 g/mol. The maximum absolute atomic E-state index is 12.4. The van der Waals surface area contributed by atoms with Gasteiger partial charge in [0.15, 0.2) is 11.5 Å². The Bertz CT molecular complexity index is 933. The van der Waals surface area contributed by atoms with E-state index in [-0.39, 0.29) is 19.4 Å². The molecule has 0 unspecified atom stereocenters. The number of nitrogens with zero attached hydrogens (tertiary/aromatic N) is 1. The molecule has 2 aliphatic rings. The second-order valence-corrected chi connectivity index (χ2v) is 7.39. The number of carbonyl (C=O) groups is 2. The summed E-state index contributed by atoms with van der Waals surface area (Å²) in [4.78, 5) is 26.9. The number of carbonyl (C=O) groups excluding carboxylic acids is 2. The van der Waals surface area contributed by atoms with Crippen molar-refractivity contribution in [2.75, 3.05) is 45.0 Å². The standard InChI is InChI=1S/C21H22ClN3O5/c22-15-2-1-3-16(11-15)24-21(27)20(26)23-12-17(25-6-8-28-9-7-25)14-4-5-18-19(10-14)30-13-29-18/h1-5,10-11,17H,6-9,12-13H2,(H,23,26)(H,24,27)/t17-/m0/s1. The lowest BCUT2D eigenvalue weighted by Gasteiger charge is -2.34. The summed E-state index contributed by atoms with van der Waals surface area (Å²) in [5, 5.41) is 5.77. The van der Waals surface area contributed by atoms with Gasteiger partial charge in [-0.25, -0.2) is 0 Å². The number of ether oxygens (including phenoxy) is 3. The van der Waals surface area contributed by atoms with E-state index in [0.29, 0.717) is 35.4 Å². The van der Waals surface area contributed by atoms with Gasteiger partial charge >= 0.3 is 11.8 Å². The number of hydrogen-bond acceptors (Lipinski definition) is 6. The molecule has 2 N–H and O–H groups in total. The summed E-state index contributed by atoms with van der Waals surface area (Å²) in [6, 6.07) is 12.2. The minimum Gasteiger partial charge on any atom is -0.454 e. The Morgan fingerprint density at radius 2 is 1.83 bits per heavy atom. The topological polar surface area (TPSA) is 89.1 Å². The van der Waals surface area contributed by atoms with Crippen LogP contribution in [-0.4, -0.2) is 56.4 Å². The number of anilines is 1. The van der Waals surface area contributed by atoms with Gasteiger partial charge < -0.3 is 24.8 Å². The van der Waals surface area contributed by atoms with Crippen molar-refractivity contribution >= 4 is 29.1 Å². The lowest BCUT2D eigenvalue weighted by molar-refractivity contribution is -0.136. The van der Waals surface area contributed by atoms with Gasteiger partial charge in [0.2, 0.25) is 6.79 Å². The van der Waals surface area contributed by atoms with Crippen LogP contribution in [0.15, 0.2) is 42.5 Å². The van der Waals surface area contributed by atoms with Crippen molar-refractivity contribution in [1.82, 2.24) is 10.2 Å². The van der Waals surface area contributed by atoms with Gasteiger partial charge in [-0.3, -0.25) is 14.5 Å². The Morgan fingerprint density at radius 3 is 2.63 bits per heavy atom. The number of morpholine rings is 1. The van der Waals surface area contributed by atoms with E-state index in [9.17, 15) is 9.59 Å². The SMILES string of the molecule is O=C(NC[C@@H](c1ccc2c(c1)OCO2)N1CCOCC1)C(=O)Nc1cccc(Cl)c1. The van der Waals surface area contributed by atoms with Gasteiger partial charge in [-0.1, -0.05) is 23.7 Å². The summed E-state index contributed by atoms with van der Waals surface area (Å²) in [5.41, 5.74) is 1.43. The predicted octanol–water partition coefficient (Wildman–Crippen LogP) is 2.20. The molecule has 1 saturated heterocycles. The molecule has 2 heterocycles. The van der Waals surface area contributed by atoms with Crippen LogP contribution >= 0.6 is 11.6 Å². The highest BCUT2D eigenvalue weighted by Crippen LogP contribution is 2.35. The maximum Gasteiger partial charge on any atom is 0.313 e. The van der Waals surface area contributed by atoms with Crippen LogP contribution in [0.5, 0.6) is 11.5 Å². The highest BCUT2D eigenvalue weighted by atomic mass is 35.5. The Balaban J connectivity index is 1.43. The second kappa shape index (κ2) is 9.34. The first-order valence-corrected chi connectivity index (χ1v) is 10.0. The van der Waals surface area contributed by atoms with Crippen molar-refractivity contribution in [3.8, 4) is 11.5 Å². The van der Waals surface area contributed by atoms with Gasteiger partial charge in [0.1, 0.15) is 0 Å². The van der Waals surface area contributed by atoms with E-state index in [1.165, 1.54) is 0 Å². The summed E-state index contributed by atoms with van der Waals surface area (Å²) in [5.74, 6) is -0.0853. The van der Waals surface area contributed by atoms with E-state index in [4.69, 9.17) is 25.8 Å². The van der Waals surface area contributed by atoms with E-state index < -0.39 is 11.8 Å². The highest BCUT2D eigenvalue weighted by Gasteiger charge is 2.26. The number of nitrogens with one attached hydrogen (secondary N) is 2. The molecule has 0 aliphatic carbocycles. The average Bonchev–Trinajstić information content (AvgIpc) is 3.22. The van der Waals surface area contributed by atoms with Crippen molar-refractivity contribution in [1.29, 1.82) is 0 Å². The zero-order chi connectivity index (χ0) is 20.9. The molecular weight excluding hydrogens is 410 g/mol. The summed E-state index contributed by atoms with van der Waals surface area (Å²) >= 11 is 5.92. The van der Waals surface area contributed by atoms with Crippen LogP contribution in [0.25, 0.3) is 0 Å². The number of rotatable bonds is 5. The summed E-state index contributed by atoms with van der Waals surface area (Å²) < 4.78 is 16.3. The van der Waals surface area contributed by atoms with E-state index in [2.05, 4.69) is 15.5 Å². The molecule has 2 amide bonds. The number of hydrogen-bond donors (Lipinski definition) is 2. The molecule has 0 bridgehead atoms. The normalized spacial score (nSPS) is 16.7. The van der Waals surface area contributed by atoms with Gasteiger partial charge in [0.25, 0.3) is 0 Å². The Labute approximate surface area is 179 Å². The summed E-state index contributed by atoms with van der Waals surface area (Å²) in [6.07, 6.45) is 0. The van der Waals surface area contributed by atoms with Crippen molar-refractivity contribution in [2.45, 2.75) is 6.04 Å². The van der Waals surface area contributed by atoms with Crippen LogP contribution in [0.4, 0.5) is 5.69 Å². The minimum atomic E-state index is -0.747. The molecule has 4 rings (SSSR count). The summed E-state index contributed by atoms with van der Waals surface area (Å²) in [6.45, 7) is 3.14. The zero-order valence-electron chi connectivity index (χ0n) is 16.2. The molecule has 0 radical (unpaired) electrons. The third-order valence-electron chi connectivity index (χ3n) is 5.01. The predicted molar refractivity (Wildman–Crippen MR) is 111 cm³/mol. The number of benzene rings is 2. The van der Waals surface area contributed by atoms with Crippen LogP contribution in [0.3, 0.4) is 0 Å². The van der Waals surface area contributed by atoms with Crippen LogP contribution in [0.1, 0.15) is 11.6 Å². The van der Waals surface area contributed by atoms with Gasteiger partial charge in [-0.05, 0) is 35.9 Å². The van der Waals surface area contributed by atoms with Crippen LogP contribution in [-0.2, 0) is 14.3 Å². The first-order chi connectivity index (χ1) is 14.6. The molecule has 0 aromatic heterocycles. The Morgan fingerprint density at radius 1 is 1.03 bits per heavy atom. The average molecular weight is 432 g/mol. The van der Waals surface area contributed by atoms with Crippen molar-refractivity contribution in [3.63, 3.8) is 0 Å². The van der Waals surface area contributed by atoms with Gasteiger partial charge in [-0.2, -0.15) is 0 Å². The zero-order valence-corrected chi connectivity index (χ0v) is 17.0. The minimum absolute atomic E-state index is 0.133. The molecule has 2 aromatic carbocycles. The van der Waals surface area contributed by atoms with Gasteiger partial charge in [0, 0.05) is 30.3 Å². The lowest BCUT2D eigenvalue weighted by Crippen LogP contribution is -2.45. The van der Waals surface area contributed by atoms with Crippen molar-refractivity contribution in [3.05, 3.63) is 53.1 Å². The molecule has 1 atom stereocenters. The molecule has 0 saturated carbocycles. The second-order valence-electron chi connectivity index (χ2n) is 6.95. The van der Waals surface area contributed by atoms with Gasteiger partial charge in [-0.15, -0.1) is 0 Å².